The number of amides is 1. The summed E-state index contributed by atoms with van der Waals surface area (Å²) in [6, 6.07) is 20.1. The maximum Gasteiger partial charge on any atom is 0.249 e. The summed E-state index contributed by atoms with van der Waals surface area (Å²) in [6.45, 7) is 1.81. The van der Waals surface area contributed by atoms with Crippen LogP contribution in [0.4, 0.5) is 5.69 Å². The lowest BCUT2D eigenvalue weighted by atomic mass is 10.1. The van der Waals surface area contributed by atoms with E-state index in [4.69, 9.17) is 26.2 Å². The van der Waals surface area contributed by atoms with Gasteiger partial charge in [-0.3, -0.25) is 9.48 Å². The summed E-state index contributed by atoms with van der Waals surface area (Å²) in [5, 5.41) is 9.21. The molecule has 4 aromatic rings. The van der Waals surface area contributed by atoms with E-state index in [1.165, 1.54) is 0 Å². The van der Waals surface area contributed by atoms with Crippen LogP contribution < -0.4 is 14.8 Å². The van der Waals surface area contributed by atoms with Crippen LogP contribution in [0, 0.1) is 0 Å². The molecule has 7 heteroatoms. The molecule has 0 saturated heterocycles. The van der Waals surface area contributed by atoms with Crippen molar-refractivity contribution in [2.24, 2.45) is 0 Å². The highest BCUT2D eigenvalue weighted by atomic mass is 35.5. The van der Waals surface area contributed by atoms with E-state index in [0.29, 0.717) is 22.2 Å². The van der Waals surface area contributed by atoms with Crippen LogP contribution in [0.5, 0.6) is 11.5 Å². The van der Waals surface area contributed by atoms with Crippen LogP contribution in [0.1, 0.15) is 13.0 Å². The second kappa shape index (κ2) is 8.70. The number of aromatic nitrogens is 2. The number of halogens is 1. The van der Waals surface area contributed by atoms with Crippen molar-refractivity contribution in [2.45, 2.75) is 13.0 Å². The second-order valence-electron chi connectivity index (χ2n) is 7.05. The van der Waals surface area contributed by atoms with Gasteiger partial charge in [-0.25, -0.2) is 0 Å². The minimum Gasteiger partial charge on any atom is -0.497 e. The highest BCUT2D eigenvalue weighted by Crippen LogP contribution is 2.33. The molecule has 0 aliphatic heterocycles. The normalized spacial score (nSPS) is 11.9. The van der Waals surface area contributed by atoms with Gasteiger partial charge in [0.05, 0.1) is 25.4 Å². The lowest BCUT2D eigenvalue weighted by Gasteiger charge is -2.16. The maximum atomic E-state index is 13.1. The van der Waals surface area contributed by atoms with E-state index < -0.39 is 6.04 Å². The summed E-state index contributed by atoms with van der Waals surface area (Å²) >= 11 is 6.25. The Morgan fingerprint density at radius 2 is 1.81 bits per heavy atom. The number of methoxy groups -OCH3 is 2. The SMILES string of the molecule is COc1ccc(NC(=O)[C@@H](C)n2nc(-c3ccccc3)c3cc(Cl)ccc32)c(OC)c1. The molecular formula is C24H22ClN3O3. The number of carbonyl (C=O) groups is 1. The molecule has 31 heavy (non-hydrogen) atoms. The van der Waals surface area contributed by atoms with Crippen molar-refractivity contribution in [1.29, 1.82) is 0 Å². The van der Waals surface area contributed by atoms with Crippen LogP contribution in [0.2, 0.25) is 5.02 Å². The van der Waals surface area contributed by atoms with Crippen LogP contribution in [-0.4, -0.2) is 29.9 Å². The van der Waals surface area contributed by atoms with Gasteiger partial charge in [-0.2, -0.15) is 5.10 Å². The third-order valence-corrected chi connectivity index (χ3v) is 5.36. The van der Waals surface area contributed by atoms with Gasteiger partial charge in [-0.05, 0) is 37.3 Å². The summed E-state index contributed by atoms with van der Waals surface area (Å²) < 4.78 is 12.3. The average molecular weight is 436 g/mol. The van der Waals surface area contributed by atoms with Crippen molar-refractivity contribution >= 4 is 34.1 Å². The van der Waals surface area contributed by atoms with Crippen molar-refractivity contribution in [3.63, 3.8) is 0 Å². The Labute approximate surface area is 185 Å². The first-order chi connectivity index (χ1) is 15.0. The zero-order valence-corrected chi connectivity index (χ0v) is 18.2. The Balaban J connectivity index is 1.71. The van der Waals surface area contributed by atoms with E-state index >= 15 is 0 Å². The van der Waals surface area contributed by atoms with E-state index in [0.717, 1.165) is 22.2 Å². The number of nitrogens with zero attached hydrogens (tertiary/aromatic N) is 2. The maximum absolute atomic E-state index is 13.1. The largest absolute Gasteiger partial charge is 0.497 e. The summed E-state index contributed by atoms with van der Waals surface area (Å²) in [5.74, 6) is 0.940. The highest BCUT2D eigenvalue weighted by Gasteiger charge is 2.22. The number of nitrogens with one attached hydrogen (secondary N) is 1. The van der Waals surface area contributed by atoms with Gasteiger partial charge in [-0.15, -0.1) is 0 Å². The molecule has 4 rings (SSSR count). The topological polar surface area (TPSA) is 65.4 Å². The van der Waals surface area contributed by atoms with Gasteiger partial charge in [0.2, 0.25) is 5.91 Å². The molecule has 0 bridgehead atoms. The third kappa shape index (κ3) is 4.07. The van der Waals surface area contributed by atoms with Crippen LogP contribution >= 0.6 is 11.6 Å². The van der Waals surface area contributed by atoms with E-state index in [1.54, 1.807) is 50.1 Å². The molecule has 1 N–H and O–H groups in total. The van der Waals surface area contributed by atoms with Crippen LogP contribution in [0.3, 0.4) is 0 Å². The number of ether oxygens (including phenoxy) is 2. The number of carbonyl (C=O) groups excluding carboxylic acids is 1. The second-order valence-corrected chi connectivity index (χ2v) is 7.49. The van der Waals surface area contributed by atoms with Crippen molar-refractivity contribution in [3.8, 4) is 22.8 Å². The average Bonchev–Trinajstić information content (AvgIpc) is 3.17. The van der Waals surface area contributed by atoms with E-state index in [1.807, 2.05) is 42.5 Å². The molecule has 0 aliphatic rings. The van der Waals surface area contributed by atoms with Gasteiger partial charge < -0.3 is 14.8 Å². The van der Waals surface area contributed by atoms with Crippen LogP contribution in [0.15, 0.2) is 66.7 Å². The summed E-state index contributed by atoms with van der Waals surface area (Å²) in [5.41, 5.74) is 3.12. The molecule has 0 fully saturated rings. The van der Waals surface area contributed by atoms with Gasteiger partial charge in [0, 0.05) is 22.0 Å². The predicted molar refractivity (Wildman–Crippen MR) is 123 cm³/mol. The van der Waals surface area contributed by atoms with E-state index in [9.17, 15) is 4.79 Å². The van der Waals surface area contributed by atoms with Crippen molar-refractivity contribution in [1.82, 2.24) is 9.78 Å². The molecule has 158 valence electrons. The van der Waals surface area contributed by atoms with Gasteiger partial charge in [0.15, 0.2) is 0 Å². The molecular weight excluding hydrogens is 414 g/mol. The van der Waals surface area contributed by atoms with Crippen molar-refractivity contribution in [2.75, 3.05) is 19.5 Å². The minimum absolute atomic E-state index is 0.220. The van der Waals surface area contributed by atoms with E-state index in [-0.39, 0.29) is 5.91 Å². The van der Waals surface area contributed by atoms with Gasteiger partial charge in [0.25, 0.3) is 0 Å². The fraction of sp³-hybridized carbons (Fsp3) is 0.167. The summed E-state index contributed by atoms with van der Waals surface area (Å²) in [7, 11) is 3.12. The Morgan fingerprint density at radius 1 is 1.03 bits per heavy atom. The first kappa shape index (κ1) is 20.8. The molecule has 1 atom stereocenters. The zero-order valence-electron chi connectivity index (χ0n) is 17.4. The lowest BCUT2D eigenvalue weighted by Crippen LogP contribution is -2.24. The molecule has 0 radical (unpaired) electrons. The molecule has 6 nitrogen and oxygen atoms in total. The Hall–Kier alpha value is -3.51. The molecule has 1 amide bonds. The van der Waals surface area contributed by atoms with Gasteiger partial charge >= 0.3 is 0 Å². The standard InChI is InChI=1S/C24H22ClN3O3/c1-15(24(29)26-20-11-10-18(30-2)14-22(20)31-3)28-21-12-9-17(25)13-19(21)23(27-28)16-7-5-4-6-8-16/h4-15H,1-3H3,(H,26,29)/t15-/m1/s1. The Kier molecular flexibility index (Phi) is 5.82. The Morgan fingerprint density at radius 3 is 2.52 bits per heavy atom. The number of fused-ring (bicyclic) bond motifs is 1. The first-order valence-electron chi connectivity index (χ1n) is 9.78. The molecule has 0 aliphatic carbocycles. The number of hydrogen-bond donors (Lipinski definition) is 1. The molecule has 0 spiro atoms. The van der Waals surface area contributed by atoms with E-state index in [2.05, 4.69) is 5.32 Å². The number of hydrogen-bond acceptors (Lipinski definition) is 4. The predicted octanol–water partition coefficient (Wildman–Crippen LogP) is 5.57. The smallest absolute Gasteiger partial charge is 0.249 e. The molecule has 1 heterocycles. The number of rotatable bonds is 6. The highest BCUT2D eigenvalue weighted by molar-refractivity contribution is 6.31. The molecule has 1 aromatic heterocycles. The quantitative estimate of drug-likeness (QED) is 0.429. The van der Waals surface area contributed by atoms with Crippen molar-refractivity contribution in [3.05, 3.63) is 71.8 Å². The molecule has 0 saturated carbocycles. The third-order valence-electron chi connectivity index (χ3n) is 5.13. The van der Waals surface area contributed by atoms with Gasteiger partial charge in [0.1, 0.15) is 23.2 Å². The Bertz CT molecular complexity index is 1240. The summed E-state index contributed by atoms with van der Waals surface area (Å²) in [6.07, 6.45) is 0. The van der Waals surface area contributed by atoms with Gasteiger partial charge in [-0.1, -0.05) is 41.9 Å². The fourth-order valence-electron chi connectivity index (χ4n) is 3.47. The van der Waals surface area contributed by atoms with Crippen LogP contribution in [0.25, 0.3) is 22.2 Å². The lowest BCUT2D eigenvalue weighted by molar-refractivity contribution is -0.119. The number of anilines is 1. The van der Waals surface area contributed by atoms with Crippen LogP contribution in [-0.2, 0) is 4.79 Å². The van der Waals surface area contributed by atoms with Crippen molar-refractivity contribution < 1.29 is 14.3 Å². The minimum atomic E-state index is -0.576. The summed E-state index contributed by atoms with van der Waals surface area (Å²) in [4.78, 5) is 13.1. The molecule has 0 unspecified atom stereocenters. The number of benzene rings is 3. The fourth-order valence-corrected chi connectivity index (χ4v) is 3.64. The first-order valence-corrected chi connectivity index (χ1v) is 10.2. The molecule has 3 aromatic carbocycles. The monoisotopic (exact) mass is 435 g/mol. The zero-order chi connectivity index (χ0) is 22.0.